The Morgan fingerprint density at radius 3 is 2.76 bits per heavy atom. The number of alkyl halides is 3. The lowest BCUT2D eigenvalue weighted by Crippen LogP contribution is -2.12. The lowest BCUT2D eigenvalue weighted by molar-refractivity contribution is 0.0507. The SMILES string of the molecule is CCOC(=O)c1nc(CBr)c(Cl)cc1C(F)F. The highest BCUT2D eigenvalue weighted by Crippen LogP contribution is 2.28. The summed E-state index contributed by atoms with van der Waals surface area (Å²) in [6.45, 7) is 1.68. The molecule has 0 aromatic carbocycles. The molecule has 0 radical (unpaired) electrons. The number of pyridine rings is 1. The maximum atomic E-state index is 12.7. The van der Waals surface area contributed by atoms with Crippen LogP contribution >= 0.6 is 27.5 Å². The Hall–Kier alpha value is -0.750. The lowest BCUT2D eigenvalue weighted by Gasteiger charge is -2.10. The first-order chi connectivity index (χ1) is 8.01. The maximum Gasteiger partial charge on any atom is 0.357 e. The minimum Gasteiger partial charge on any atom is -0.461 e. The molecule has 1 rings (SSSR count). The van der Waals surface area contributed by atoms with Crippen LogP contribution in [-0.4, -0.2) is 17.6 Å². The van der Waals surface area contributed by atoms with Gasteiger partial charge in [0.05, 0.1) is 22.9 Å². The maximum absolute atomic E-state index is 12.7. The highest BCUT2D eigenvalue weighted by atomic mass is 79.9. The van der Waals surface area contributed by atoms with Crippen molar-refractivity contribution in [3.63, 3.8) is 0 Å². The normalized spacial score (nSPS) is 10.7. The van der Waals surface area contributed by atoms with Crippen LogP contribution in [0.15, 0.2) is 6.07 Å². The number of carbonyl (C=O) groups is 1. The molecular weight excluding hydrogens is 319 g/mol. The van der Waals surface area contributed by atoms with E-state index in [1.165, 1.54) is 0 Å². The fourth-order valence-corrected chi connectivity index (χ4v) is 1.98. The zero-order chi connectivity index (χ0) is 13.0. The number of aromatic nitrogens is 1. The quantitative estimate of drug-likeness (QED) is 0.624. The van der Waals surface area contributed by atoms with Gasteiger partial charge in [0.2, 0.25) is 0 Å². The van der Waals surface area contributed by atoms with Crippen LogP contribution in [0, 0.1) is 0 Å². The van der Waals surface area contributed by atoms with Crippen LogP contribution in [0.1, 0.15) is 35.1 Å². The molecule has 1 aromatic rings. The second-order valence-corrected chi connectivity index (χ2v) is 3.98. The van der Waals surface area contributed by atoms with Crippen molar-refractivity contribution in [1.29, 1.82) is 0 Å². The minimum absolute atomic E-state index is 0.0882. The highest BCUT2D eigenvalue weighted by Gasteiger charge is 2.23. The number of ether oxygens (including phenoxy) is 1. The molecule has 0 N–H and O–H groups in total. The summed E-state index contributed by atoms with van der Waals surface area (Å²) in [5, 5.41) is 0.354. The summed E-state index contributed by atoms with van der Waals surface area (Å²) in [7, 11) is 0. The van der Waals surface area contributed by atoms with Gasteiger partial charge in [-0.2, -0.15) is 0 Å². The molecule has 0 saturated carbocycles. The molecule has 0 aliphatic carbocycles. The van der Waals surface area contributed by atoms with E-state index in [9.17, 15) is 13.6 Å². The third kappa shape index (κ3) is 3.35. The Morgan fingerprint density at radius 2 is 2.29 bits per heavy atom. The first-order valence-electron chi connectivity index (χ1n) is 4.71. The average Bonchev–Trinajstić information content (AvgIpc) is 2.28. The van der Waals surface area contributed by atoms with E-state index in [1.807, 2.05) is 0 Å². The number of nitrogens with zero attached hydrogens (tertiary/aromatic N) is 1. The van der Waals surface area contributed by atoms with Crippen molar-refractivity contribution >= 4 is 33.5 Å². The van der Waals surface area contributed by atoms with Crippen LogP contribution in [0.3, 0.4) is 0 Å². The molecule has 0 aliphatic rings. The topological polar surface area (TPSA) is 39.2 Å². The van der Waals surface area contributed by atoms with Gasteiger partial charge in [-0.15, -0.1) is 0 Å². The van der Waals surface area contributed by atoms with Gasteiger partial charge < -0.3 is 4.74 Å². The molecule has 0 amide bonds. The fraction of sp³-hybridized carbons (Fsp3) is 0.400. The summed E-state index contributed by atoms with van der Waals surface area (Å²) in [6.07, 6.45) is -2.83. The van der Waals surface area contributed by atoms with E-state index in [4.69, 9.17) is 11.6 Å². The molecule has 0 fully saturated rings. The molecule has 17 heavy (non-hydrogen) atoms. The molecule has 3 nitrogen and oxygen atoms in total. The first-order valence-corrected chi connectivity index (χ1v) is 6.21. The van der Waals surface area contributed by atoms with Gasteiger partial charge in [0.25, 0.3) is 6.43 Å². The van der Waals surface area contributed by atoms with Gasteiger partial charge in [0.15, 0.2) is 5.69 Å². The molecule has 0 spiro atoms. The number of hydrogen-bond donors (Lipinski definition) is 0. The van der Waals surface area contributed by atoms with Crippen molar-refractivity contribution in [2.45, 2.75) is 18.7 Å². The zero-order valence-electron chi connectivity index (χ0n) is 8.84. The molecule has 0 atom stereocenters. The minimum atomic E-state index is -2.83. The van der Waals surface area contributed by atoms with Crippen LogP contribution in [0.25, 0.3) is 0 Å². The van der Waals surface area contributed by atoms with Gasteiger partial charge >= 0.3 is 5.97 Å². The third-order valence-corrected chi connectivity index (χ3v) is 2.77. The van der Waals surface area contributed by atoms with Crippen LogP contribution in [0.5, 0.6) is 0 Å². The van der Waals surface area contributed by atoms with Gasteiger partial charge in [-0.25, -0.2) is 18.6 Å². The predicted molar refractivity (Wildman–Crippen MR) is 62.8 cm³/mol. The van der Waals surface area contributed by atoms with Gasteiger partial charge in [-0.1, -0.05) is 27.5 Å². The van der Waals surface area contributed by atoms with Crippen LogP contribution in [0.2, 0.25) is 5.02 Å². The van der Waals surface area contributed by atoms with Gasteiger partial charge in [0, 0.05) is 5.33 Å². The molecule has 7 heteroatoms. The van der Waals surface area contributed by atoms with E-state index in [0.29, 0.717) is 5.69 Å². The molecule has 1 aromatic heterocycles. The Kier molecular flexibility index (Phi) is 5.27. The largest absolute Gasteiger partial charge is 0.461 e. The monoisotopic (exact) mass is 327 g/mol. The molecule has 0 unspecified atom stereocenters. The van der Waals surface area contributed by atoms with E-state index >= 15 is 0 Å². The Balaban J connectivity index is 3.28. The number of rotatable bonds is 4. The first kappa shape index (κ1) is 14.3. The molecule has 94 valence electrons. The number of halogens is 4. The van der Waals surface area contributed by atoms with Gasteiger partial charge in [0.1, 0.15) is 0 Å². The van der Waals surface area contributed by atoms with Crippen molar-refractivity contribution in [3.05, 3.63) is 28.0 Å². The second-order valence-electron chi connectivity index (χ2n) is 3.01. The van der Waals surface area contributed by atoms with E-state index in [0.717, 1.165) is 6.07 Å². The third-order valence-electron chi connectivity index (χ3n) is 1.91. The highest BCUT2D eigenvalue weighted by molar-refractivity contribution is 9.08. The van der Waals surface area contributed by atoms with Gasteiger partial charge in [-0.05, 0) is 13.0 Å². The summed E-state index contributed by atoms with van der Waals surface area (Å²) in [5.41, 5.74) is -0.585. The Bertz CT molecular complexity index is 429. The van der Waals surface area contributed by atoms with Crippen molar-refractivity contribution < 1.29 is 18.3 Å². The smallest absolute Gasteiger partial charge is 0.357 e. The van der Waals surface area contributed by atoms with Crippen LogP contribution < -0.4 is 0 Å². The van der Waals surface area contributed by atoms with Crippen LogP contribution in [-0.2, 0) is 10.1 Å². The van der Waals surface area contributed by atoms with E-state index in [-0.39, 0.29) is 22.7 Å². The number of hydrogen-bond acceptors (Lipinski definition) is 3. The molecule has 0 bridgehead atoms. The molecular formula is C10H9BrClF2NO2. The zero-order valence-corrected chi connectivity index (χ0v) is 11.2. The lowest BCUT2D eigenvalue weighted by atomic mass is 10.2. The Labute approximate surface area is 110 Å². The summed E-state index contributed by atoms with van der Waals surface area (Å²) >= 11 is 8.85. The van der Waals surface area contributed by atoms with Crippen molar-refractivity contribution in [2.75, 3.05) is 6.61 Å². The van der Waals surface area contributed by atoms with E-state index in [2.05, 4.69) is 25.7 Å². The van der Waals surface area contributed by atoms with Crippen molar-refractivity contribution in [3.8, 4) is 0 Å². The fourth-order valence-electron chi connectivity index (χ4n) is 1.16. The standard InChI is InChI=1S/C10H9BrClF2NO2/c1-2-17-10(16)8-5(9(13)14)3-6(12)7(4-11)15-8/h3,9H,2,4H2,1H3. The second kappa shape index (κ2) is 6.26. The number of esters is 1. The summed E-state index contributed by atoms with van der Waals surface area (Å²) in [5.74, 6) is -0.873. The van der Waals surface area contributed by atoms with Crippen molar-refractivity contribution in [1.82, 2.24) is 4.98 Å². The molecule has 0 aliphatic heterocycles. The molecule has 0 saturated heterocycles. The van der Waals surface area contributed by atoms with Crippen LogP contribution in [0.4, 0.5) is 8.78 Å². The number of carbonyl (C=O) groups excluding carboxylic acids is 1. The average molecular weight is 329 g/mol. The van der Waals surface area contributed by atoms with Crippen molar-refractivity contribution in [2.24, 2.45) is 0 Å². The van der Waals surface area contributed by atoms with E-state index in [1.54, 1.807) is 6.92 Å². The Morgan fingerprint density at radius 1 is 1.65 bits per heavy atom. The summed E-state index contributed by atoms with van der Waals surface area (Å²) in [6, 6.07) is 1.04. The van der Waals surface area contributed by atoms with Gasteiger partial charge in [-0.3, -0.25) is 0 Å². The summed E-state index contributed by atoms with van der Waals surface area (Å²) < 4.78 is 30.1. The molecule has 1 heterocycles. The summed E-state index contributed by atoms with van der Waals surface area (Å²) in [4.78, 5) is 15.3. The van der Waals surface area contributed by atoms with E-state index < -0.39 is 18.0 Å². The predicted octanol–water partition coefficient (Wildman–Crippen LogP) is 3.74.